The van der Waals surface area contributed by atoms with Gasteiger partial charge < -0.3 is 12.3 Å². The second-order valence-corrected chi connectivity index (χ2v) is 2.69. The molecule has 0 aromatic rings. The van der Waals surface area contributed by atoms with E-state index >= 15 is 0 Å². The topological polar surface area (TPSA) is 219 Å². The molecule has 0 aromatic heterocycles. The Kier molecular flexibility index (Phi) is 23.1. The van der Waals surface area contributed by atoms with Gasteiger partial charge in [-0.05, 0) is 0 Å². The Morgan fingerprint density at radius 3 is 0.615 bits per heavy atom. The second-order valence-electron chi connectivity index (χ2n) is 0.896. The van der Waals surface area contributed by atoms with Crippen LogP contribution in [0.2, 0.25) is 0 Å². The maximum absolute atomic E-state index is 8.74. The predicted molar refractivity (Wildman–Crippen MR) is 38.4 cm³/mol. The minimum absolute atomic E-state index is 0. The molecule has 0 bridgehead atoms. The molecule has 10 nitrogen and oxygen atoms in total. The maximum atomic E-state index is 8.74. The molecule has 0 atom stereocenters. The molecule has 1 radical (unpaired) electrons. The van der Waals surface area contributed by atoms with Crippen LogP contribution in [0.15, 0.2) is 0 Å². The van der Waals surface area contributed by atoms with E-state index in [4.69, 9.17) is 35.0 Å². The van der Waals surface area contributed by atoms with Gasteiger partial charge in [-0.1, -0.05) is 0 Å². The van der Waals surface area contributed by atoms with Crippen molar-refractivity contribution in [2.45, 2.75) is 0 Å². The summed E-state index contributed by atoms with van der Waals surface area (Å²) in [4.78, 5) is 0. The molecule has 0 spiro atoms. The van der Waals surface area contributed by atoms with Gasteiger partial charge in [0.1, 0.15) is 0 Å². The Hall–Kier alpha value is 0.179. The van der Waals surface area contributed by atoms with E-state index in [0.29, 0.717) is 0 Å². The van der Waals surface area contributed by atoms with E-state index in [0.717, 1.165) is 0 Å². The zero-order chi connectivity index (χ0) is 9.00. The van der Waals surface area contributed by atoms with Crippen molar-refractivity contribution in [1.29, 1.82) is 0 Å². The van der Waals surface area contributed by atoms with Crippen molar-refractivity contribution in [3.8, 4) is 0 Å². The van der Waals surface area contributed by atoms with E-state index in [1.165, 1.54) is 0 Å². The minimum atomic E-state index is -4.67. The SMILES string of the molecule is N.N.O=S(=O)(O)O.O=S(=O)(O)O.[Mn]. The monoisotopic (exact) mass is 285 g/mol. The standard InChI is InChI=1S/Mn.2H3N.2H2O4S/c;;;2*1-5(2,3)4/h;2*1H3;2*(H2,1,2,3,4). The van der Waals surface area contributed by atoms with Gasteiger partial charge in [-0.25, -0.2) is 0 Å². The van der Waals surface area contributed by atoms with Crippen LogP contribution in [-0.4, -0.2) is 35.0 Å². The average Bonchev–Trinajstić information content (AvgIpc) is 1.12. The second kappa shape index (κ2) is 10.3. The molecule has 0 saturated carbocycles. The van der Waals surface area contributed by atoms with Crippen LogP contribution in [0.3, 0.4) is 0 Å². The van der Waals surface area contributed by atoms with Gasteiger partial charge in [-0.15, -0.1) is 0 Å². The fourth-order valence-electron chi connectivity index (χ4n) is 0. The van der Waals surface area contributed by atoms with Crippen LogP contribution in [0.5, 0.6) is 0 Å². The third-order valence-electron chi connectivity index (χ3n) is 0. The summed E-state index contributed by atoms with van der Waals surface area (Å²) in [7, 11) is -9.33. The minimum Gasteiger partial charge on any atom is -0.344 e. The van der Waals surface area contributed by atoms with Gasteiger partial charge in [-0.3, -0.25) is 18.2 Å². The Morgan fingerprint density at radius 1 is 0.615 bits per heavy atom. The summed E-state index contributed by atoms with van der Waals surface area (Å²) >= 11 is 0. The van der Waals surface area contributed by atoms with E-state index in [9.17, 15) is 0 Å². The Labute approximate surface area is 85.5 Å². The first-order valence-electron chi connectivity index (χ1n) is 1.40. The van der Waals surface area contributed by atoms with Crippen LogP contribution < -0.4 is 12.3 Å². The molecule has 87 valence electrons. The quantitative estimate of drug-likeness (QED) is 0.235. The summed E-state index contributed by atoms with van der Waals surface area (Å²) in [5.41, 5.74) is 0. The molecule has 0 heterocycles. The van der Waals surface area contributed by atoms with Crippen molar-refractivity contribution < 1.29 is 52.1 Å². The predicted octanol–water partition coefficient (Wildman–Crippen LogP) is -0.984. The molecule has 0 aliphatic rings. The molecule has 0 amide bonds. The van der Waals surface area contributed by atoms with E-state index in [1.807, 2.05) is 0 Å². The van der Waals surface area contributed by atoms with Gasteiger partial charge in [0.15, 0.2) is 0 Å². The summed E-state index contributed by atoms with van der Waals surface area (Å²) < 4.78 is 63.2. The summed E-state index contributed by atoms with van der Waals surface area (Å²) in [6, 6.07) is 0. The van der Waals surface area contributed by atoms with Crippen molar-refractivity contribution in [2.75, 3.05) is 0 Å². The molecule has 0 rings (SSSR count). The zero-order valence-electron chi connectivity index (χ0n) is 6.03. The van der Waals surface area contributed by atoms with Crippen molar-refractivity contribution in [2.24, 2.45) is 0 Å². The number of rotatable bonds is 0. The van der Waals surface area contributed by atoms with E-state index in [-0.39, 0.29) is 29.4 Å². The van der Waals surface area contributed by atoms with Crippen LogP contribution in [-0.2, 0) is 37.9 Å². The average molecular weight is 285 g/mol. The van der Waals surface area contributed by atoms with Gasteiger partial charge >= 0.3 is 20.8 Å². The van der Waals surface area contributed by atoms with Gasteiger partial charge in [0, 0.05) is 17.1 Å². The first-order chi connectivity index (χ1) is 4.00. The molecule has 0 unspecified atom stereocenters. The van der Waals surface area contributed by atoms with Crippen molar-refractivity contribution in [1.82, 2.24) is 12.3 Å². The van der Waals surface area contributed by atoms with E-state index < -0.39 is 20.8 Å². The van der Waals surface area contributed by atoms with E-state index in [1.54, 1.807) is 0 Å². The Balaban J connectivity index is -0.0000000267. The van der Waals surface area contributed by atoms with Crippen LogP contribution in [0.4, 0.5) is 0 Å². The number of hydrogen-bond acceptors (Lipinski definition) is 6. The van der Waals surface area contributed by atoms with Gasteiger partial charge in [0.25, 0.3) is 0 Å². The summed E-state index contributed by atoms with van der Waals surface area (Å²) in [6.45, 7) is 0. The van der Waals surface area contributed by atoms with Gasteiger partial charge in [0.2, 0.25) is 0 Å². The molecule has 0 aliphatic carbocycles. The van der Waals surface area contributed by atoms with E-state index in [2.05, 4.69) is 0 Å². The van der Waals surface area contributed by atoms with Crippen molar-refractivity contribution in [3.05, 3.63) is 0 Å². The maximum Gasteiger partial charge on any atom is 0.394 e. The molecule has 0 aromatic carbocycles. The third kappa shape index (κ3) is 39200. The zero-order valence-corrected chi connectivity index (χ0v) is 8.84. The molecule has 10 N–H and O–H groups in total. The van der Waals surface area contributed by atoms with Gasteiger partial charge in [-0.2, -0.15) is 16.8 Å². The molecular weight excluding hydrogens is 275 g/mol. The molecule has 0 saturated heterocycles. The van der Waals surface area contributed by atoms with Crippen molar-refractivity contribution in [3.63, 3.8) is 0 Å². The normalized spacial score (nSPS) is 8.92. The summed E-state index contributed by atoms with van der Waals surface area (Å²) in [5.74, 6) is 0. The fraction of sp³-hybridized carbons (Fsp3) is 0. The Morgan fingerprint density at radius 2 is 0.615 bits per heavy atom. The largest absolute Gasteiger partial charge is 0.394 e. The smallest absolute Gasteiger partial charge is 0.344 e. The first kappa shape index (κ1) is 29.2. The van der Waals surface area contributed by atoms with Crippen LogP contribution in [0, 0.1) is 0 Å². The van der Waals surface area contributed by atoms with Crippen LogP contribution in [0.1, 0.15) is 0 Å². The molecule has 13 heteroatoms. The van der Waals surface area contributed by atoms with Crippen LogP contribution >= 0.6 is 0 Å². The fourth-order valence-corrected chi connectivity index (χ4v) is 0. The Bertz CT molecular complexity index is 217. The van der Waals surface area contributed by atoms with Crippen molar-refractivity contribution >= 4 is 20.8 Å². The third-order valence-corrected chi connectivity index (χ3v) is 0. The van der Waals surface area contributed by atoms with Gasteiger partial charge in [0.05, 0.1) is 0 Å². The molecule has 0 fully saturated rings. The summed E-state index contributed by atoms with van der Waals surface area (Å²) in [5, 5.41) is 0. The molecular formula is H10MnN2O8S2. The molecule has 13 heavy (non-hydrogen) atoms. The summed E-state index contributed by atoms with van der Waals surface area (Å²) in [6.07, 6.45) is 0. The van der Waals surface area contributed by atoms with Crippen LogP contribution in [0.25, 0.3) is 0 Å². The molecule has 0 aliphatic heterocycles. The first-order valence-corrected chi connectivity index (χ1v) is 4.19. The number of hydrogen-bond donors (Lipinski definition) is 6.